The van der Waals surface area contributed by atoms with Gasteiger partial charge in [-0.3, -0.25) is 4.79 Å². The molecule has 0 saturated carbocycles. The maximum absolute atomic E-state index is 12.0. The summed E-state index contributed by atoms with van der Waals surface area (Å²) in [6, 6.07) is 8.33. The van der Waals surface area contributed by atoms with Crippen LogP contribution < -0.4 is 10.6 Å². The Morgan fingerprint density at radius 2 is 2.12 bits per heavy atom. The molecule has 0 bridgehead atoms. The van der Waals surface area contributed by atoms with Crippen molar-refractivity contribution >= 4 is 40.6 Å². The van der Waals surface area contributed by atoms with E-state index in [9.17, 15) is 4.79 Å². The molecule has 0 spiro atoms. The molecule has 2 heterocycles. The highest BCUT2D eigenvalue weighted by atomic mass is 35.5. The number of halogens is 2. The molecule has 1 unspecified atom stereocenters. The number of ether oxygens (including phenoxy) is 1. The minimum Gasteiger partial charge on any atom is -0.376 e. The van der Waals surface area contributed by atoms with Crippen molar-refractivity contribution in [3.8, 4) is 0 Å². The average Bonchev–Trinajstić information content (AvgIpc) is 3.10. The molecular weight excluding hydrogens is 351 g/mol. The number of amides is 1. The van der Waals surface area contributed by atoms with E-state index < -0.39 is 0 Å². The lowest BCUT2D eigenvalue weighted by Gasteiger charge is -2.10. The first-order valence-electron chi connectivity index (χ1n) is 7.57. The van der Waals surface area contributed by atoms with Gasteiger partial charge in [0, 0.05) is 18.2 Å². The van der Waals surface area contributed by atoms with Gasteiger partial charge >= 0.3 is 0 Å². The molecule has 1 atom stereocenters. The highest BCUT2D eigenvalue weighted by Gasteiger charge is 2.17. The summed E-state index contributed by atoms with van der Waals surface area (Å²) in [6.07, 6.45) is 2.09. The molecule has 0 radical (unpaired) electrons. The van der Waals surface area contributed by atoms with E-state index in [-0.39, 0.29) is 17.7 Å². The van der Waals surface area contributed by atoms with Crippen LogP contribution in [0.15, 0.2) is 30.3 Å². The van der Waals surface area contributed by atoms with Crippen molar-refractivity contribution in [3.63, 3.8) is 0 Å². The van der Waals surface area contributed by atoms with E-state index in [0.29, 0.717) is 28.1 Å². The van der Waals surface area contributed by atoms with Crippen LogP contribution in [0, 0.1) is 0 Å². The highest BCUT2D eigenvalue weighted by Crippen LogP contribution is 2.27. The molecule has 1 aliphatic heterocycles. The number of carbonyl (C=O) groups excluding carboxylic acids is 1. The summed E-state index contributed by atoms with van der Waals surface area (Å²) in [4.78, 5) is 12.0. The zero-order valence-electron chi connectivity index (χ0n) is 12.8. The van der Waals surface area contributed by atoms with Crippen LogP contribution in [-0.4, -0.2) is 35.4 Å². The maximum atomic E-state index is 12.0. The van der Waals surface area contributed by atoms with Gasteiger partial charge in [0.25, 0.3) is 5.91 Å². The molecule has 24 heavy (non-hydrogen) atoms. The SMILES string of the molecule is O=C(NCC1CCCO1)c1ccc(Nc2cc(Cl)ccc2Cl)nn1. The smallest absolute Gasteiger partial charge is 0.271 e. The average molecular weight is 367 g/mol. The van der Waals surface area contributed by atoms with Crippen LogP contribution in [0.25, 0.3) is 0 Å². The van der Waals surface area contributed by atoms with Crippen LogP contribution in [0.2, 0.25) is 10.0 Å². The van der Waals surface area contributed by atoms with Crippen molar-refractivity contribution in [2.75, 3.05) is 18.5 Å². The summed E-state index contributed by atoms with van der Waals surface area (Å²) in [5.74, 6) is 0.195. The minimum absolute atomic E-state index is 0.0906. The second kappa shape index (κ2) is 7.79. The first-order chi connectivity index (χ1) is 11.6. The Morgan fingerprint density at radius 1 is 1.25 bits per heavy atom. The number of benzene rings is 1. The Hall–Kier alpha value is -1.89. The summed E-state index contributed by atoms with van der Waals surface area (Å²) in [5.41, 5.74) is 0.866. The Balaban J connectivity index is 1.60. The third-order valence-electron chi connectivity index (χ3n) is 3.60. The van der Waals surface area contributed by atoms with Crippen molar-refractivity contribution in [3.05, 3.63) is 46.1 Å². The van der Waals surface area contributed by atoms with Crippen LogP contribution in [0.4, 0.5) is 11.5 Å². The quantitative estimate of drug-likeness (QED) is 0.847. The van der Waals surface area contributed by atoms with Crippen molar-refractivity contribution in [1.82, 2.24) is 15.5 Å². The third-order valence-corrected chi connectivity index (χ3v) is 4.17. The van der Waals surface area contributed by atoms with Gasteiger partial charge in [0.15, 0.2) is 11.5 Å². The van der Waals surface area contributed by atoms with Gasteiger partial charge in [-0.1, -0.05) is 23.2 Å². The molecule has 1 aromatic carbocycles. The van der Waals surface area contributed by atoms with Crippen molar-refractivity contribution in [2.24, 2.45) is 0 Å². The van der Waals surface area contributed by atoms with E-state index in [4.69, 9.17) is 27.9 Å². The van der Waals surface area contributed by atoms with Crippen LogP contribution in [0.1, 0.15) is 23.3 Å². The summed E-state index contributed by atoms with van der Waals surface area (Å²) in [7, 11) is 0. The number of anilines is 2. The van der Waals surface area contributed by atoms with Gasteiger partial charge in [0.05, 0.1) is 16.8 Å². The van der Waals surface area contributed by atoms with Gasteiger partial charge < -0.3 is 15.4 Å². The summed E-state index contributed by atoms with van der Waals surface area (Å²) < 4.78 is 5.46. The Labute approximate surface area is 149 Å². The van der Waals surface area contributed by atoms with E-state index in [0.717, 1.165) is 19.4 Å². The molecule has 1 aliphatic rings. The van der Waals surface area contributed by atoms with Crippen LogP contribution >= 0.6 is 23.2 Å². The van der Waals surface area contributed by atoms with Crippen molar-refractivity contribution in [1.29, 1.82) is 0 Å². The molecule has 2 aromatic rings. The fourth-order valence-electron chi connectivity index (χ4n) is 2.35. The molecule has 126 valence electrons. The van der Waals surface area contributed by atoms with E-state index in [2.05, 4.69) is 20.8 Å². The van der Waals surface area contributed by atoms with E-state index >= 15 is 0 Å². The van der Waals surface area contributed by atoms with Gasteiger partial charge in [-0.05, 0) is 43.2 Å². The van der Waals surface area contributed by atoms with Gasteiger partial charge in [-0.2, -0.15) is 0 Å². The predicted molar refractivity (Wildman–Crippen MR) is 93.1 cm³/mol. The monoisotopic (exact) mass is 366 g/mol. The zero-order chi connectivity index (χ0) is 16.9. The van der Waals surface area contributed by atoms with E-state index in [1.54, 1.807) is 30.3 Å². The van der Waals surface area contributed by atoms with Gasteiger partial charge in [-0.15, -0.1) is 10.2 Å². The lowest BCUT2D eigenvalue weighted by molar-refractivity contribution is 0.0853. The molecule has 0 aliphatic carbocycles. The number of hydrogen-bond acceptors (Lipinski definition) is 5. The fourth-order valence-corrected chi connectivity index (χ4v) is 2.69. The predicted octanol–water partition coefficient (Wildman–Crippen LogP) is 3.44. The van der Waals surface area contributed by atoms with Gasteiger partial charge in [0.1, 0.15) is 0 Å². The standard InChI is InChI=1S/C16H16Cl2N4O2/c17-10-3-4-12(18)14(8-10)20-15-6-5-13(21-22-15)16(23)19-9-11-2-1-7-24-11/h3-6,8,11H,1-2,7,9H2,(H,19,23)(H,20,22). The zero-order valence-corrected chi connectivity index (χ0v) is 14.3. The normalized spacial score (nSPS) is 16.8. The number of hydrogen-bond donors (Lipinski definition) is 2. The molecule has 1 aromatic heterocycles. The van der Waals surface area contributed by atoms with Gasteiger partial charge in [0.2, 0.25) is 0 Å². The lowest BCUT2D eigenvalue weighted by Crippen LogP contribution is -2.32. The molecule has 1 fully saturated rings. The lowest BCUT2D eigenvalue weighted by atomic mass is 10.2. The topological polar surface area (TPSA) is 76.1 Å². The van der Waals surface area contributed by atoms with Gasteiger partial charge in [-0.25, -0.2) is 0 Å². The highest BCUT2D eigenvalue weighted by molar-refractivity contribution is 6.35. The fraction of sp³-hybridized carbons (Fsp3) is 0.312. The Kier molecular flexibility index (Phi) is 5.50. The van der Waals surface area contributed by atoms with E-state index in [1.807, 2.05) is 0 Å². The second-order valence-corrected chi connectivity index (χ2v) is 6.24. The minimum atomic E-state index is -0.273. The number of nitrogens with zero attached hydrogens (tertiary/aromatic N) is 2. The molecule has 6 nitrogen and oxygen atoms in total. The second-order valence-electron chi connectivity index (χ2n) is 5.40. The van der Waals surface area contributed by atoms with Crippen LogP contribution in [0.5, 0.6) is 0 Å². The molecule has 8 heteroatoms. The maximum Gasteiger partial charge on any atom is 0.271 e. The summed E-state index contributed by atoms with van der Waals surface area (Å²) in [6.45, 7) is 1.24. The Bertz CT molecular complexity index is 719. The Morgan fingerprint density at radius 3 is 2.83 bits per heavy atom. The summed E-state index contributed by atoms with van der Waals surface area (Å²) in [5, 5.41) is 14.8. The molecular formula is C16H16Cl2N4O2. The van der Waals surface area contributed by atoms with Crippen molar-refractivity contribution in [2.45, 2.75) is 18.9 Å². The van der Waals surface area contributed by atoms with Crippen molar-refractivity contribution < 1.29 is 9.53 Å². The number of rotatable bonds is 5. The molecule has 1 amide bonds. The van der Waals surface area contributed by atoms with Crippen LogP contribution in [0.3, 0.4) is 0 Å². The third kappa shape index (κ3) is 4.35. The first kappa shape index (κ1) is 17.0. The number of carbonyl (C=O) groups is 1. The number of nitrogens with one attached hydrogen (secondary N) is 2. The molecule has 1 saturated heterocycles. The summed E-state index contributed by atoms with van der Waals surface area (Å²) >= 11 is 12.0. The first-order valence-corrected chi connectivity index (χ1v) is 8.33. The largest absolute Gasteiger partial charge is 0.376 e. The van der Waals surface area contributed by atoms with E-state index in [1.165, 1.54) is 0 Å². The number of aromatic nitrogens is 2. The molecule has 3 rings (SSSR count). The van der Waals surface area contributed by atoms with Crippen LogP contribution in [-0.2, 0) is 4.74 Å². The molecule has 2 N–H and O–H groups in total.